The van der Waals surface area contributed by atoms with E-state index in [0.29, 0.717) is 18.1 Å². The molecule has 4 aliphatic rings. The van der Waals surface area contributed by atoms with Crippen molar-refractivity contribution in [2.24, 2.45) is 23.2 Å². The first-order valence-corrected chi connectivity index (χ1v) is 12.5. The molecule has 0 radical (unpaired) electrons. The maximum Gasteiger partial charge on any atom is 0.124 e. The van der Waals surface area contributed by atoms with Crippen LogP contribution in [-0.4, -0.2) is 6.04 Å². The summed E-state index contributed by atoms with van der Waals surface area (Å²) in [5, 5.41) is 3.93. The quantitative estimate of drug-likeness (QED) is 0.471. The molecule has 1 unspecified atom stereocenters. The lowest BCUT2D eigenvalue weighted by Gasteiger charge is -2.59. The fourth-order valence-electron chi connectivity index (χ4n) is 6.98. The molecule has 4 bridgehead atoms. The zero-order valence-electron chi connectivity index (χ0n) is 18.3. The third-order valence-electron chi connectivity index (χ3n) is 8.10. The van der Waals surface area contributed by atoms with E-state index in [1.54, 1.807) is 0 Å². The fourth-order valence-corrected chi connectivity index (χ4v) is 7.39. The predicted octanol–water partition coefficient (Wildman–Crippen LogP) is 7.03. The summed E-state index contributed by atoms with van der Waals surface area (Å²) >= 11 is 3.66. The zero-order chi connectivity index (χ0) is 20.7. The van der Waals surface area contributed by atoms with E-state index < -0.39 is 0 Å². The summed E-state index contributed by atoms with van der Waals surface area (Å²) in [7, 11) is 0. The van der Waals surface area contributed by atoms with Gasteiger partial charge in [-0.25, -0.2) is 0 Å². The highest BCUT2D eigenvalue weighted by atomic mass is 79.9. The lowest BCUT2D eigenvalue weighted by atomic mass is 9.48. The summed E-state index contributed by atoms with van der Waals surface area (Å²) in [6.07, 6.45) is 8.87. The van der Waals surface area contributed by atoms with Gasteiger partial charge < -0.3 is 10.1 Å². The zero-order valence-corrected chi connectivity index (χ0v) is 19.9. The van der Waals surface area contributed by atoms with Crippen LogP contribution in [-0.2, 0) is 13.2 Å². The molecule has 1 N–H and O–H groups in total. The first kappa shape index (κ1) is 20.6. The third-order valence-corrected chi connectivity index (χ3v) is 8.60. The number of halogens is 1. The molecule has 3 heteroatoms. The van der Waals surface area contributed by atoms with Gasteiger partial charge in [-0.2, -0.15) is 0 Å². The Morgan fingerprint density at radius 3 is 2.40 bits per heavy atom. The molecule has 30 heavy (non-hydrogen) atoms. The van der Waals surface area contributed by atoms with Gasteiger partial charge in [0.15, 0.2) is 0 Å². The number of nitrogens with one attached hydrogen (secondary N) is 1. The topological polar surface area (TPSA) is 21.3 Å². The van der Waals surface area contributed by atoms with E-state index >= 15 is 0 Å². The second kappa shape index (κ2) is 8.31. The van der Waals surface area contributed by atoms with Crippen LogP contribution in [0.5, 0.6) is 5.75 Å². The van der Waals surface area contributed by atoms with Gasteiger partial charge in [0.2, 0.25) is 0 Å². The van der Waals surface area contributed by atoms with Crippen molar-refractivity contribution in [1.82, 2.24) is 5.32 Å². The maximum atomic E-state index is 6.25. The van der Waals surface area contributed by atoms with E-state index in [0.717, 1.165) is 34.5 Å². The first-order valence-electron chi connectivity index (χ1n) is 11.7. The molecule has 2 nitrogen and oxygen atoms in total. The largest absolute Gasteiger partial charge is 0.489 e. The number of hydrogen-bond acceptors (Lipinski definition) is 2. The van der Waals surface area contributed by atoms with E-state index in [1.165, 1.54) is 55.2 Å². The standard InChI is InChI=1S/C27H34BrNO/c1-18-4-3-5-20(8-18)17-30-26-7-6-25(28)12-24(26)16-29-19(2)27-13-21-9-22(14-27)11-23(10-21)15-27/h3-8,12,19,21-23,29H,9-11,13-17H2,1-2H3. The van der Waals surface area contributed by atoms with E-state index in [9.17, 15) is 0 Å². The summed E-state index contributed by atoms with van der Waals surface area (Å²) in [5.74, 6) is 3.99. The van der Waals surface area contributed by atoms with Crippen LogP contribution in [0.2, 0.25) is 0 Å². The van der Waals surface area contributed by atoms with Gasteiger partial charge in [0.05, 0.1) is 0 Å². The molecule has 1 atom stereocenters. The van der Waals surface area contributed by atoms with Crippen LogP contribution in [0.3, 0.4) is 0 Å². The highest BCUT2D eigenvalue weighted by Gasteiger charge is 2.52. The van der Waals surface area contributed by atoms with Crippen molar-refractivity contribution in [3.63, 3.8) is 0 Å². The second-order valence-electron chi connectivity index (χ2n) is 10.4. The Morgan fingerprint density at radius 2 is 1.73 bits per heavy atom. The SMILES string of the molecule is Cc1cccc(COc2ccc(Br)cc2CNC(C)C23CC4CC(CC(C4)C2)C3)c1. The minimum Gasteiger partial charge on any atom is -0.489 e. The summed E-state index contributed by atoms with van der Waals surface area (Å²) in [5.41, 5.74) is 4.27. The van der Waals surface area contributed by atoms with Gasteiger partial charge in [-0.3, -0.25) is 0 Å². The van der Waals surface area contributed by atoms with Gasteiger partial charge in [-0.05, 0) is 99.3 Å². The molecule has 0 spiro atoms. The van der Waals surface area contributed by atoms with Crippen molar-refractivity contribution in [3.05, 3.63) is 63.6 Å². The second-order valence-corrected chi connectivity index (χ2v) is 11.3. The van der Waals surface area contributed by atoms with Crippen molar-refractivity contribution in [2.75, 3.05) is 0 Å². The molecule has 0 saturated heterocycles. The average molecular weight is 468 g/mol. The highest BCUT2D eigenvalue weighted by Crippen LogP contribution is 2.61. The van der Waals surface area contributed by atoms with Crippen molar-refractivity contribution in [2.45, 2.75) is 71.6 Å². The van der Waals surface area contributed by atoms with Crippen LogP contribution >= 0.6 is 15.9 Å². The van der Waals surface area contributed by atoms with Gasteiger partial charge in [0, 0.05) is 22.6 Å². The van der Waals surface area contributed by atoms with Crippen LogP contribution < -0.4 is 10.1 Å². The Hall–Kier alpha value is -1.32. The Kier molecular flexibility index (Phi) is 5.70. The Balaban J connectivity index is 1.26. The molecular formula is C27H34BrNO. The predicted molar refractivity (Wildman–Crippen MR) is 127 cm³/mol. The van der Waals surface area contributed by atoms with Crippen LogP contribution in [0, 0.1) is 30.1 Å². The van der Waals surface area contributed by atoms with E-state index in [-0.39, 0.29) is 0 Å². The molecular weight excluding hydrogens is 434 g/mol. The third kappa shape index (κ3) is 4.21. The van der Waals surface area contributed by atoms with E-state index in [2.05, 4.69) is 77.6 Å². The molecule has 0 aliphatic heterocycles. The highest BCUT2D eigenvalue weighted by molar-refractivity contribution is 9.10. The first-order chi connectivity index (χ1) is 14.5. The minimum atomic E-state index is 0.531. The summed E-state index contributed by atoms with van der Waals surface area (Å²) in [4.78, 5) is 0. The number of ether oxygens (including phenoxy) is 1. The van der Waals surface area contributed by atoms with Gasteiger partial charge in [0.1, 0.15) is 12.4 Å². The van der Waals surface area contributed by atoms with Gasteiger partial charge in [0.25, 0.3) is 0 Å². The van der Waals surface area contributed by atoms with Gasteiger partial charge in [-0.15, -0.1) is 0 Å². The molecule has 0 heterocycles. The molecule has 0 amide bonds. The van der Waals surface area contributed by atoms with Crippen LogP contribution in [0.25, 0.3) is 0 Å². The number of benzene rings is 2. The summed E-state index contributed by atoms with van der Waals surface area (Å²) in [6, 6.07) is 15.5. The van der Waals surface area contributed by atoms with Crippen LogP contribution in [0.1, 0.15) is 62.1 Å². The molecule has 6 rings (SSSR count). The Morgan fingerprint density at radius 1 is 1.03 bits per heavy atom. The van der Waals surface area contributed by atoms with Crippen molar-refractivity contribution < 1.29 is 4.74 Å². The van der Waals surface area contributed by atoms with Crippen LogP contribution in [0.4, 0.5) is 0 Å². The average Bonchev–Trinajstić information content (AvgIpc) is 2.70. The van der Waals surface area contributed by atoms with Crippen molar-refractivity contribution >= 4 is 15.9 Å². The lowest BCUT2D eigenvalue weighted by Crippen LogP contribution is -2.54. The van der Waals surface area contributed by atoms with Crippen molar-refractivity contribution in [1.29, 1.82) is 0 Å². The normalized spacial score (nSPS) is 30.4. The lowest BCUT2D eigenvalue weighted by molar-refractivity contribution is -0.0706. The van der Waals surface area contributed by atoms with Gasteiger partial charge >= 0.3 is 0 Å². The molecule has 2 aromatic carbocycles. The number of hydrogen-bond donors (Lipinski definition) is 1. The van der Waals surface area contributed by atoms with E-state index in [1.807, 2.05) is 0 Å². The molecule has 4 saturated carbocycles. The van der Waals surface area contributed by atoms with Crippen molar-refractivity contribution in [3.8, 4) is 5.75 Å². The van der Waals surface area contributed by atoms with E-state index in [4.69, 9.17) is 4.74 Å². The maximum absolute atomic E-state index is 6.25. The van der Waals surface area contributed by atoms with Crippen LogP contribution in [0.15, 0.2) is 46.9 Å². The monoisotopic (exact) mass is 467 g/mol. The fraction of sp³-hybridized carbons (Fsp3) is 0.556. The Bertz CT molecular complexity index is 872. The minimum absolute atomic E-state index is 0.531. The smallest absolute Gasteiger partial charge is 0.124 e. The molecule has 4 fully saturated rings. The number of rotatable bonds is 7. The summed E-state index contributed by atoms with van der Waals surface area (Å²) < 4.78 is 7.37. The molecule has 0 aromatic heterocycles. The molecule has 2 aromatic rings. The van der Waals surface area contributed by atoms with Gasteiger partial charge in [-0.1, -0.05) is 45.8 Å². The Labute approximate surface area is 189 Å². The summed E-state index contributed by atoms with van der Waals surface area (Å²) in [6.45, 7) is 6.05. The number of aryl methyl sites for hydroxylation is 1. The molecule has 160 valence electrons. The molecule has 4 aliphatic carbocycles.